The quantitative estimate of drug-likeness (QED) is 0.560. The summed E-state index contributed by atoms with van der Waals surface area (Å²) in [6.45, 7) is 0. The van der Waals surface area contributed by atoms with E-state index in [2.05, 4.69) is 0 Å². The van der Waals surface area contributed by atoms with E-state index in [-0.39, 0.29) is 34.6 Å². The Morgan fingerprint density at radius 1 is 1.29 bits per heavy atom. The SMILES string of the molecule is O=C([O-])C(F)(F)c1ccc(Cl)cc1.[Na+]. The summed E-state index contributed by atoms with van der Waals surface area (Å²) < 4.78 is 25.4. The van der Waals surface area contributed by atoms with Crippen LogP contribution in [0.4, 0.5) is 8.78 Å². The van der Waals surface area contributed by atoms with Gasteiger partial charge in [-0.3, -0.25) is 0 Å². The zero-order valence-electron chi connectivity index (χ0n) is 7.26. The van der Waals surface area contributed by atoms with Gasteiger partial charge in [0.2, 0.25) is 0 Å². The number of hydrogen-bond acceptors (Lipinski definition) is 2. The minimum absolute atomic E-state index is 0. The molecule has 0 bridgehead atoms. The summed E-state index contributed by atoms with van der Waals surface area (Å²) in [5.74, 6) is -6.39. The predicted octanol–water partition coefficient (Wildman–Crippen LogP) is -1.81. The van der Waals surface area contributed by atoms with Gasteiger partial charge in [-0.05, 0) is 12.1 Å². The number of carboxylic acids is 1. The Labute approximate surface area is 106 Å². The first kappa shape index (κ1) is 13.8. The van der Waals surface area contributed by atoms with Crippen LogP contribution in [0, 0.1) is 0 Å². The Bertz CT molecular complexity index is 327. The average Bonchev–Trinajstić information content (AvgIpc) is 2.04. The third kappa shape index (κ3) is 2.92. The fraction of sp³-hybridized carbons (Fsp3) is 0.125. The van der Waals surface area contributed by atoms with Crippen molar-refractivity contribution in [3.05, 3.63) is 34.9 Å². The van der Waals surface area contributed by atoms with Crippen LogP contribution in [-0.4, -0.2) is 5.97 Å². The first-order valence-corrected chi connectivity index (χ1v) is 3.67. The second-order valence-corrected chi connectivity index (χ2v) is 2.81. The number of carbonyl (C=O) groups excluding carboxylic acids is 1. The number of alkyl halides is 2. The van der Waals surface area contributed by atoms with Crippen molar-refractivity contribution in [2.75, 3.05) is 0 Å². The Hall–Kier alpha value is -0.160. The Morgan fingerprint density at radius 2 is 1.71 bits per heavy atom. The smallest absolute Gasteiger partial charge is 0.544 e. The molecule has 14 heavy (non-hydrogen) atoms. The van der Waals surface area contributed by atoms with Crippen LogP contribution in [0.3, 0.4) is 0 Å². The number of benzene rings is 1. The maximum Gasteiger partial charge on any atom is 1.00 e. The Kier molecular flexibility index (Phi) is 5.01. The van der Waals surface area contributed by atoms with E-state index in [1.54, 1.807) is 0 Å². The molecule has 0 unspecified atom stereocenters. The van der Waals surface area contributed by atoms with E-state index >= 15 is 0 Å². The molecule has 1 aromatic carbocycles. The molecule has 0 radical (unpaired) electrons. The van der Waals surface area contributed by atoms with Crippen LogP contribution in [0.15, 0.2) is 24.3 Å². The summed E-state index contributed by atoms with van der Waals surface area (Å²) in [5.41, 5.74) is -0.642. The van der Waals surface area contributed by atoms with Crippen LogP contribution >= 0.6 is 11.6 Å². The standard InChI is InChI=1S/C8H5ClF2O2.Na/c9-6-3-1-5(2-4-6)8(10,11)7(12)13;/h1-4H,(H,12,13);/q;+1/p-1. The second-order valence-electron chi connectivity index (χ2n) is 2.37. The van der Waals surface area contributed by atoms with E-state index in [0.717, 1.165) is 12.1 Å². The van der Waals surface area contributed by atoms with Crippen LogP contribution in [-0.2, 0) is 10.7 Å². The summed E-state index contributed by atoms with van der Waals surface area (Å²) in [5, 5.41) is 10.3. The van der Waals surface area contributed by atoms with Crippen LogP contribution in [0.5, 0.6) is 0 Å². The zero-order chi connectivity index (χ0) is 10.1. The summed E-state index contributed by atoms with van der Waals surface area (Å²) in [6, 6.07) is 4.26. The zero-order valence-corrected chi connectivity index (χ0v) is 10.0. The molecule has 0 heterocycles. The van der Waals surface area contributed by atoms with Gasteiger partial charge in [0.15, 0.2) is 0 Å². The van der Waals surface area contributed by atoms with Crippen molar-refractivity contribution in [1.29, 1.82) is 0 Å². The van der Waals surface area contributed by atoms with E-state index in [1.165, 1.54) is 12.1 Å². The molecule has 0 saturated carbocycles. The molecule has 0 spiro atoms. The van der Waals surface area contributed by atoms with Gasteiger partial charge >= 0.3 is 35.5 Å². The van der Waals surface area contributed by atoms with E-state index in [1.807, 2.05) is 0 Å². The molecule has 0 N–H and O–H groups in total. The molecule has 0 amide bonds. The van der Waals surface area contributed by atoms with Crippen molar-refractivity contribution in [3.63, 3.8) is 0 Å². The molecule has 0 aliphatic heterocycles. The largest absolute Gasteiger partial charge is 1.00 e. The molecule has 0 aliphatic carbocycles. The molecule has 0 aliphatic rings. The molecule has 0 atom stereocenters. The third-order valence-corrected chi connectivity index (χ3v) is 1.72. The summed E-state index contributed by atoms with van der Waals surface area (Å²) in [7, 11) is 0. The number of aliphatic carboxylic acids is 1. The molecular weight excluding hydrogens is 225 g/mol. The van der Waals surface area contributed by atoms with Gasteiger partial charge in [0.05, 0.1) is 0 Å². The van der Waals surface area contributed by atoms with E-state index < -0.39 is 17.5 Å². The number of rotatable bonds is 2. The molecule has 0 aromatic heterocycles. The van der Waals surface area contributed by atoms with Gasteiger partial charge in [0.25, 0.3) is 0 Å². The minimum atomic E-state index is -3.97. The van der Waals surface area contributed by atoms with Crippen LogP contribution in [0.25, 0.3) is 0 Å². The van der Waals surface area contributed by atoms with Gasteiger partial charge in [0, 0.05) is 10.6 Å². The van der Waals surface area contributed by atoms with Crippen LogP contribution in [0.1, 0.15) is 5.56 Å². The third-order valence-electron chi connectivity index (χ3n) is 1.46. The average molecular weight is 229 g/mol. The van der Waals surface area contributed by atoms with Gasteiger partial charge in [-0.25, -0.2) is 0 Å². The van der Waals surface area contributed by atoms with Gasteiger partial charge in [-0.2, -0.15) is 8.78 Å². The predicted molar refractivity (Wildman–Crippen MR) is 40.4 cm³/mol. The van der Waals surface area contributed by atoms with Gasteiger partial charge in [-0.15, -0.1) is 0 Å². The monoisotopic (exact) mass is 228 g/mol. The van der Waals surface area contributed by atoms with Crippen molar-refractivity contribution in [1.82, 2.24) is 0 Å². The molecule has 70 valence electrons. The fourth-order valence-electron chi connectivity index (χ4n) is 0.777. The molecule has 0 saturated heterocycles. The summed E-state index contributed by atoms with van der Waals surface area (Å²) >= 11 is 5.43. The topological polar surface area (TPSA) is 40.1 Å². The van der Waals surface area contributed by atoms with Crippen LogP contribution < -0.4 is 34.7 Å². The first-order chi connectivity index (χ1) is 5.94. The summed E-state index contributed by atoms with van der Waals surface area (Å²) in [4.78, 5) is 10.0. The fourth-order valence-corrected chi connectivity index (χ4v) is 0.903. The van der Waals surface area contributed by atoms with E-state index in [4.69, 9.17) is 11.6 Å². The molecule has 1 aromatic rings. The number of halogens is 3. The van der Waals surface area contributed by atoms with Gasteiger partial charge in [0.1, 0.15) is 5.97 Å². The van der Waals surface area contributed by atoms with Crippen molar-refractivity contribution in [2.45, 2.75) is 5.92 Å². The van der Waals surface area contributed by atoms with Crippen molar-refractivity contribution >= 4 is 17.6 Å². The molecule has 6 heteroatoms. The minimum Gasteiger partial charge on any atom is -0.544 e. The number of carboxylic acid groups (broad SMARTS) is 1. The molecule has 1 rings (SSSR count). The molecule has 2 nitrogen and oxygen atoms in total. The van der Waals surface area contributed by atoms with E-state index in [9.17, 15) is 18.7 Å². The molecular formula is C8H4ClF2NaO2. The maximum atomic E-state index is 12.7. The Balaban J connectivity index is 0.00000169. The van der Waals surface area contributed by atoms with Crippen molar-refractivity contribution < 1.29 is 48.2 Å². The Morgan fingerprint density at radius 3 is 2.07 bits per heavy atom. The van der Waals surface area contributed by atoms with Gasteiger partial charge < -0.3 is 9.90 Å². The number of hydrogen-bond donors (Lipinski definition) is 0. The first-order valence-electron chi connectivity index (χ1n) is 3.30. The van der Waals surface area contributed by atoms with Crippen LogP contribution in [0.2, 0.25) is 5.02 Å². The van der Waals surface area contributed by atoms with Crippen molar-refractivity contribution in [3.8, 4) is 0 Å². The normalized spacial score (nSPS) is 10.5. The van der Waals surface area contributed by atoms with Crippen molar-refractivity contribution in [2.24, 2.45) is 0 Å². The van der Waals surface area contributed by atoms with Gasteiger partial charge in [-0.1, -0.05) is 23.7 Å². The van der Waals surface area contributed by atoms with E-state index in [0.29, 0.717) is 0 Å². The second kappa shape index (κ2) is 5.07. The summed E-state index contributed by atoms with van der Waals surface area (Å²) in [6.07, 6.45) is 0. The maximum absolute atomic E-state index is 12.7. The number of carbonyl (C=O) groups is 1. The molecule has 0 fully saturated rings.